The molecule has 0 aliphatic rings. The lowest BCUT2D eigenvalue weighted by molar-refractivity contribution is -0.0346. The summed E-state index contributed by atoms with van der Waals surface area (Å²) in [5.74, 6) is 0.520. The van der Waals surface area contributed by atoms with Crippen LogP contribution in [0.4, 0.5) is 0 Å². The largest absolute Gasteiger partial charge is 0.368 e. The molecule has 0 bridgehead atoms. The van der Waals surface area contributed by atoms with Crippen LogP contribution in [0.1, 0.15) is 38.7 Å². The van der Waals surface area contributed by atoms with Crippen molar-refractivity contribution < 1.29 is 4.74 Å². The fourth-order valence-corrected chi connectivity index (χ4v) is 2.17. The fourth-order valence-electron chi connectivity index (χ4n) is 1.29. The second-order valence-electron chi connectivity index (χ2n) is 4.38. The molecule has 0 aromatic carbocycles. The molecule has 2 N–H and O–H groups in total. The zero-order valence-corrected chi connectivity index (χ0v) is 10.8. The summed E-state index contributed by atoms with van der Waals surface area (Å²) in [7, 11) is 0. The topological polar surface area (TPSA) is 35.2 Å². The standard InChI is InChI=1S/C12H21NOS/c1-8(2)10(4)14-12(9(3)13)11-6-5-7-15-11/h5-10,12H,13H2,1-4H3. The Morgan fingerprint density at radius 1 is 1.27 bits per heavy atom. The number of hydrogen-bond donors (Lipinski definition) is 1. The molecule has 0 spiro atoms. The van der Waals surface area contributed by atoms with Crippen molar-refractivity contribution in [3.05, 3.63) is 22.4 Å². The molecule has 0 fully saturated rings. The van der Waals surface area contributed by atoms with Crippen molar-refractivity contribution in [3.63, 3.8) is 0 Å². The molecule has 3 unspecified atom stereocenters. The minimum Gasteiger partial charge on any atom is -0.368 e. The molecule has 86 valence electrons. The van der Waals surface area contributed by atoms with Crippen molar-refractivity contribution in [1.82, 2.24) is 0 Å². The summed E-state index contributed by atoms with van der Waals surface area (Å²) in [4.78, 5) is 1.22. The summed E-state index contributed by atoms with van der Waals surface area (Å²) in [5.41, 5.74) is 5.96. The van der Waals surface area contributed by atoms with E-state index in [1.807, 2.05) is 13.0 Å². The highest BCUT2D eigenvalue weighted by atomic mass is 32.1. The Kier molecular flexibility index (Phi) is 4.77. The highest BCUT2D eigenvalue weighted by Crippen LogP contribution is 2.27. The molecule has 2 nitrogen and oxygen atoms in total. The van der Waals surface area contributed by atoms with Crippen molar-refractivity contribution in [2.24, 2.45) is 11.7 Å². The number of hydrogen-bond acceptors (Lipinski definition) is 3. The van der Waals surface area contributed by atoms with Crippen molar-refractivity contribution in [3.8, 4) is 0 Å². The SMILES string of the molecule is CC(C)C(C)OC(c1cccs1)C(C)N. The second-order valence-corrected chi connectivity index (χ2v) is 5.36. The normalized spacial score (nSPS) is 17.7. The van der Waals surface area contributed by atoms with Gasteiger partial charge in [0.25, 0.3) is 0 Å². The Morgan fingerprint density at radius 2 is 1.93 bits per heavy atom. The van der Waals surface area contributed by atoms with Gasteiger partial charge in [0.05, 0.1) is 6.10 Å². The van der Waals surface area contributed by atoms with Crippen LogP contribution in [-0.2, 0) is 4.74 Å². The van der Waals surface area contributed by atoms with Crippen LogP contribution in [0.2, 0.25) is 0 Å². The first-order chi connectivity index (χ1) is 7.02. The van der Waals surface area contributed by atoms with Gasteiger partial charge in [-0.15, -0.1) is 11.3 Å². The Balaban J connectivity index is 2.68. The molecular weight excluding hydrogens is 206 g/mol. The minimum absolute atomic E-state index is 0.0300. The van der Waals surface area contributed by atoms with Gasteiger partial charge in [0.15, 0.2) is 0 Å². The Hall–Kier alpha value is -0.380. The zero-order chi connectivity index (χ0) is 11.4. The highest BCUT2D eigenvalue weighted by molar-refractivity contribution is 7.10. The summed E-state index contributed by atoms with van der Waals surface area (Å²) in [6.07, 6.45) is 0.269. The lowest BCUT2D eigenvalue weighted by atomic mass is 10.1. The van der Waals surface area contributed by atoms with Gasteiger partial charge in [-0.05, 0) is 31.2 Å². The first-order valence-corrected chi connectivity index (χ1v) is 6.34. The third kappa shape index (κ3) is 3.59. The van der Waals surface area contributed by atoms with Crippen LogP contribution in [0.25, 0.3) is 0 Å². The average molecular weight is 227 g/mol. The molecule has 0 aliphatic carbocycles. The molecule has 0 saturated heterocycles. The molecule has 3 heteroatoms. The van der Waals surface area contributed by atoms with E-state index in [9.17, 15) is 0 Å². The van der Waals surface area contributed by atoms with Gasteiger partial charge in [0, 0.05) is 10.9 Å². The van der Waals surface area contributed by atoms with Gasteiger partial charge in [-0.25, -0.2) is 0 Å². The van der Waals surface area contributed by atoms with E-state index in [2.05, 4.69) is 32.2 Å². The van der Waals surface area contributed by atoms with Crippen molar-refractivity contribution >= 4 is 11.3 Å². The van der Waals surface area contributed by atoms with E-state index in [0.29, 0.717) is 5.92 Å². The van der Waals surface area contributed by atoms with E-state index in [4.69, 9.17) is 10.5 Å². The fraction of sp³-hybridized carbons (Fsp3) is 0.667. The number of nitrogens with two attached hydrogens (primary N) is 1. The van der Waals surface area contributed by atoms with Gasteiger partial charge in [0.1, 0.15) is 6.10 Å². The van der Waals surface area contributed by atoms with Gasteiger partial charge in [0.2, 0.25) is 0 Å². The van der Waals surface area contributed by atoms with Crippen LogP contribution in [0.5, 0.6) is 0 Å². The molecule has 0 amide bonds. The molecule has 0 aliphatic heterocycles. The predicted molar refractivity (Wildman–Crippen MR) is 66.1 cm³/mol. The van der Waals surface area contributed by atoms with Crippen LogP contribution in [0, 0.1) is 5.92 Å². The maximum atomic E-state index is 6.00. The van der Waals surface area contributed by atoms with E-state index >= 15 is 0 Å². The van der Waals surface area contributed by atoms with Crippen molar-refractivity contribution in [2.45, 2.75) is 45.9 Å². The average Bonchev–Trinajstić information content (AvgIpc) is 2.65. The third-order valence-corrected chi connectivity index (χ3v) is 3.54. The summed E-state index contributed by atoms with van der Waals surface area (Å²) in [5, 5.41) is 2.06. The minimum atomic E-state index is 0.0300. The van der Waals surface area contributed by atoms with E-state index in [-0.39, 0.29) is 18.2 Å². The van der Waals surface area contributed by atoms with Crippen molar-refractivity contribution in [2.75, 3.05) is 0 Å². The molecule has 0 radical (unpaired) electrons. The van der Waals surface area contributed by atoms with E-state index in [0.717, 1.165) is 0 Å². The number of ether oxygens (including phenoxy) is 1. The predicted octanol–water partition coefficient (Wildman–Crippen LogP) is 3.20. The maximum absolute atomic E-state index is 6.00. The van der Waals surface area contributed by atoms with Crippen LogP contribution in [0.15, 0.2) is 17.5 Å². The van der Waals surface area contributed by atoms with Crippen molar-refractivity contribution in [1.29, 1.82) is 0 Å². The Labute approximate surface area is 96.4 Å². The molecule has 0 saturated carbocycles. The number of thiophene rings is 1. The smallest absolute Gasteiger partial charge is 0.107 e. The van der Waals surface area contributed by atoms with E-state index < -0.39 is 0 Å². The van der Waals surface area contributed by atoms with Crippen LogP contribution in [0.3, 0.4) is 0 Å². The zero-order valence-electron chi connectivity index (χ0n) is 9.94. The lowest BCUT2D eigenvalue weighted by Gasteiger charge is -2.26. The number of rotatable bonds is 5. The van der Waals surface area contributed by atoms with Gasteiger partial charge in [-0.3, -0.25) is 0 Å². The molecule has 3 atom stereocenters. The first kappa shape index (κ1) is 12.7. The molecule has 1 aromatic heterocycles. The lowest BCUT2D eigenvalue weighted by Crippen LogP contribution is -2.30. The van der Waals surface area contributed by atoms with E-state index in [1.54, 1.807) is 11.3 Å². The monoisotopic (exact) mass is 227 g/mol. The van der Waals surface area contributed by atoms with Crippen LogP contribution >= 0.6 is 11.3 Å². The highest BCUT2D eigenvalue weighted by Gasteiger charge is 2.21. The summed E-state index contributed by atoms with van der Waals surface area (Å²) < 4.78 is 6.00. The van der Waals surface area contributed by atoms with Crippen LogP contribution in [-0.4, -0.2) is 12.1 Å². The maximum Gasteiger partial charge on any atom is 0.107 e. The van der Waals surface area contributed by atoms with Crippen LogP contribution < -0.4 is 5.73 Å². The molecule has 1 aromatic rings. The first-order valence-electron chi connectivity index (χ1n) is 5.46. The second kappa shape index (κ2) is 5.64. The molecule has 1 heterocycles. The van der Waals surface area contributed by atoms with Gasteiger partial charge in [-0.2, -0.15) is 0 Å². The summed E-state index contributed by atoms with van der Waals surface area (Å²) in [6.45, 7) is 8.43. The van der Waals surface area contributed by atoms with Gasteiger partial charge >= 0.3 is 0 Å². The van der Waals surface area contributed by atoms with Gasteiger partial charge in [-0.1, -0.05) is 19.9 Å². The third-order valence-electron chi connectivity index (χ3n) is 2.60. The van der Waals surface area contributed by atoms with E-state index in [1.165, 1.54) is 4.88 Å². The van der Waals surface area contributed by atoms with Gasteiger partial charge < -0.3 is 10.5 Å². The summed E-state index contributed by atoms with van der Waals surface area (Å²) in [6, 6.07) is 4.16. The molecule has 15 heavy (non-hydrogen) atoms. The molecule has 1 rings (SSSR count). The Bertz CT molecular complexity index is 269. The molecular formula is C12H21NOS. The quantitative estimate of drug-likeness (QED) is 0.838. The summed E-state index contributed by atoms with van der Waals surface area (Å²) >= 11 is 1.71. The Morgan fingerprint density at radius 3 is 2.33 bits per heavy atom.